The van der Waals surface area contributed by atoms with Crippen molar-refractivity contribution in [2.24, 2.45) is 5.92 Å². The van der Waals surface area contributed by atoms with Gasteiger partial charge in [0.25, 0.3) is 0 Å². The molecule has 0 amide bonds. The molecule has 2 aliphatic carbocycles. The third kappa shape index (κ3) is 3.60. The Kier molecular flexibility index (Phi) is 6.22. The van der Waals surface area contributed by atoms with Crippen molar-refractivity contribution in [3.63, 3.8) is 0 Å². The van der Waals surface area contributed by atoms with Crippen LogP contribution in [-0.4, -0.2) is 44.5 Å². The zero-order valence-corrected chi connectivity index (χ0v) is 23.3. The number of benzene rings is 3. The summed E-state index contributed by atoms with van der Waals surface area (Å²) in [5, 5.41) is 2.15. The van der Waals surface area contributed by atoms with Crippen molar-refractivity contribution in [2.45, 2.75) is 31.3 Å². The zero-order valence-electron chi connectivity index (χ0n) is 22.5. The second-order valence-corrected chi connectivity index (χ2v) is 10.7. The van der Waals surface area contributed by atoms with Crippen molar-refractivity contribution in [2.75, 3.05) is 21.3 Å². The number of methoxy groups -OCH3 is 3. The van der Waals surface area contributed by atoms with Crippen LogP contribution in [0.4, 0.5) is 0 Å². The number of carbonyl (C=O) groups excluding carboxylic acids is 3. The SMILES string of the molecule is COC(=O)C1=C[C@H](c2ccc3ccccc3c2)C2=C(C1)C[C@@H](C)[C@]1(Oc3c(Cl)c(OC)cc(OC)c3C1=O)C2=O. The molecular formula is C32H27ClO7. The highest BCUT2D eigenvalue weighted by molar-refractivity contribution is 6.36. The Hall–Kier alpha value is -4.10. The van der Waals surface area contributed by atoms with E-state index in [1.54, 1.807) is 6.08 Å². The second-order valence-electron chi connectivity index (χ2n) is 10.4. The Balaban J connectivity index is 1.52. The minimum absolute atomic E-state index is 0.0796. The van der Waals surface area contributed by atoms with Crippen LogP contribution in [0.25, 0.3) is 10.8 Å². The molecular weight excluding hydrogens is 532 g/mol. The lowest BCUT2D eigenvalue weighted by Crippen LogP contribution is -2.57. The van der Waals surface area contributed by atoms with Crippen molar-refractivity contribution in [3.05, 3.63) is 87.5 Å². The largest absolute Gasteiger partial charge is 0.496 e. The summed E-state index contributed by atoms with van der Waals surface area (Å²) in [6.07, 6.45) is 2.41. The van der Waals surface area contributed by atoms with Gasteiger partial charge in [0.05, 0.1) is 21.3 Å². The van der Waals surface area contributed by atoms with E-state index in [0.717, 1.165) is 21.9 Å². The number of esters is 1. The van der Waals surface area contributed by atoms with Crippen LogP contribution in [0.3, 0.4) is 0 Å². The fraction of sp³-hybridized carbons (Fsp3) is 0.281. The van der Waals surface area contributed by atoms with Gasteiger partial charge >= 0.3 is 5.97 Å². The average Bonchev–Trinajstić information content (AvgIpc) is 3.29. The van der Waals surface area contributed by atoms with Crippen LogP contribution < -0.4 is 14.2 Å². The maximum absolute atomic E-state index is 14.7. The molecule has 3 atom stereocenters. The summed E-state index contributed by atoms with van der Waals surface area (Å²) in [6, 6.07) is 15.4. The van der Waals surface area contributed by atoms with Crippen LogP contribution in [0.1, 0.15) is 41.6 Å². The molecule has 0 aromatic heterocycles. The fourth-order valence-electron chi connectivity index (χ4n) is 6.32. The number of hydrogen-bond acceptors (Lipinski definition) is 7. The van der Waals surface area contributed by atoms with E-state index in [9.17, 15) is 14.4 Å². The Morgan fingerprint density at radius 3 is 2.40 bits per heavy atom. The van der Waals surface area contributed by atoms with Gasteiger partial charge in [-0.1, -0.05) is 72.6 Å². The van der Waals surface area contributed by atoms with Crippen molar-refractivity contribution in [3.8, 4) is 17.2 Å². The van der Waals surface area contributed by atoms with Crippen LogP contribution in [0.15, 0.2) is 71.3 Å². The van der Waals surface area contributed by atoms with Gasteiger partial charge in [-0.3, -0.25) is 9.59 Å². The maximum atomic E-state index is 14.7. The van der Waals surface area contributed by atoms with E-state index in [4.69, 9.17) is 30.5 Å². The molecule has 0 N–H and O–H groups in total. The van der Waals surface area contributed by atoms with Gasteiger partial charge < -0.3 is 18.9 Å². The summed E-state index contributed by atoms with van der Waals surface area (Å²) in [5.74, 6) is -1.91. The highest BCUT2D eigenvalue weighted by Crippen LogP contribution is 2.56. The Bertz CT molecular complexity index is 1680. The third-order valence-corrected chi connectivity index (χ3v) is 8.65. The van der Waals surface area contributed by atoms with Gasteiger partial charge in [-0.05, 0) is 22.8 Å². The molecule has 7 nitrogen and oxygen atoms in total. The van der Waals surface area contributed by atoms with Crippen LogP contribution >= 0.6 is 11.6 Å². The second kappa shape index (κ2) is 9.52. The van der Waals surface area contributed by atoms with E-state index in [-0.39, 0.29) is 34.3 Å². The third-order valence-electron chi connectivity index (χ3n) is 8.29. The number of carbonyl (C=O) groups is 3. The standard InChI is InChI=1S/C32H27ClO7/c1-16-11-20-13-21(31(36)39-4)14-22(19-10-9-17-7-5-6-8-18(17)12-19)25(20)29(34)32(16)30(35)26-23(37-2)15-24(38-3)27(33)28(26)40-32/h5-10,12,14-16,22H,11,13H2,1-4H3/t16-,22-,32+/m1/s1. The van der Waals surface area contributed by atoms with Crippen LogP contribution in [0.2, 0.25) is 5.02 Å². The maximum Gasteiger partial charge on any atom is 0.333 e. The van der Waals surface area contributed by atoms with E-state index < -0.39 is 35.0 Å². The minimum Gasteiger partial charge on any atom is -0.496 e. The van der Waals surface area contributed by atoms with Gasteiger partial charge in [0.2, 0.25) is 17.2 Å². The molecule has 1 heterocycles. The van der Waals surface area contributed by atoms with Crippen molar-refractivity contribution in [1.29, 1.82) is 0 Å². The number of ketones is 2. The Morgan fingerprint density at radius 1 is 0.975 bits per heavy atom. The van der Waals surface area contributed by atoms with Gasteiger partial charge in [-0.2, -0.15) is 0 Å². The number of rotatable bonds is 4. The quantitative estimate of drug-likeness (QED) is 0.286. The van der Waals surface area contributed by atoms with E-state index in [2.05, 4.69) is 0 Å². The van der Waals surface area contributed by atoms with Gasteiger partial charge in [0.1, 0.15) is 22.1 Å². The van der Waals surface area contributed by atoms with Crippen LogP contribution in [0.5, 0.6) is 17.2 Å². The first-order valence-corrected chi connectivity index (χ1v) is 13.4. The summed E-state index contributed by atoms with van der Waals surface area (Å²) in [6.45, 7) is 1.81. The van der Waals surface area contributed by atoms with Crippen molar-refractivity contribution >= 4 is 39.9 Å². The van der Waals surface area contributed by atoms with Crippen molar-refractivity contribution < 1.29 is 33.3 Å². The molecule has 6 rings (SSSR count). The fourth-order valence-corrected chi connectivity index (χ4v) is 6.59. The molecule has 3 aromatic carbocycles. The van der Waals surface area contributed by atoms with E-state index in [1.165, 1.54) is 27.4 Å². The zero-order chi connectivity index (χ0) is 28.3. The smallest absolute Gasteiger partial charge is 0.333 e. The summed E-state index contributed by atoms with van der Waals surface area (Å²) in [7, 11) is 4.23. The molecule has 1 aliphatic heterocycles. The lowest BCUT2D eigenvalue weighted by Gasteiger charge is -2.41. The Morgan fingerprint density at radius 2 is 1.70 bits per heavy atom. The predicted molar refractivity (Wildman–Crippen MR) is 149 cm³/mol. The number of allylic oxidation sites excluding steroid dienone is 2. The first kappa shape index (κ1) is 26.1. The highest BCUT2D eigenvalue weighted by Gasteiger charge is 2.63. The molecule has 0 radical (unpaired) electrons. The molecule has 0 bridgehead atoms. The molecule has 0 saturated carbocycles. The normalized spacial score (nSPS) is 23.5. The van der Waals surface area contributed by atoms with Gasteiger partial charge in [-0.25, -0.2) is 4.79 Å². The minimum atomic E-state index is -1.82. The van der Waals surface area contributed by atoms with Gasteiger partial charge in [-0.15, -0.1) is 0 Å². The predicted octanol–water partition coefficient (Wildman–Crippen LogP) is 6.02. The number of ether oxygens (including phenoxy) is 4. The molecule has 0 unspecified atom stereocenters. The average molecular weight is 559 g/mol. The molecule has 3 aliphatic rings. The van der Waals surface area contributed by atoms with E-state index in [1.807, 2.05) is 49.4 Å². The molecule has 0 saturated heterocycles. The first-order chi connectivity index (χ1) is 19.2. The summed E-state index contributed by atoms with van der Waals surface area (Å²) >= 11 is 6.59. The molecule has 40 heavy (non-hydrogen) atoms. The molecule has 3 aromatic rings. The van der Waals surface area contributed by atoms with Crippen molar-refractivity contribution in [1.82, 2.24) is 0 Å². The van der Waals surface area contributed by atoms with Gasteiger partial charge in [0.15, 0.2) is 5.75 Å². The topological polar surface area (TPSA) is 88.1 Å². The molecule has 1 spiro atoms. The summed E-state index contributed by atoms with van der Waals surface area (Å²) in [4.78, 5) is 41.6. The number of fused-ring (bicyclic) bond motifs is 2. The molecule has 204 valence electrons. The molecule has 0 fully saturated rings. The monoisotopic (exact) mass is 558 g/mol. The van der Waals surface area contributed by atoms with Crippen LogP contribution in [0, 0.1) is 5.92 Å². The van der Waals surface area contributed by atoms with E-state index in [0.29, 0.717) is 17.6 Å². The lowest BCUT2D eigenvalue weighted by molar-refractivity contribution is -0.136. The number of hydrogen-bond donors (Lipinski definition) is 0. The Labute approximate surface area is 236 Å². The van der Waals surface area contributed by atoms with Gasteiger partial charge in [0, 0.05) is 35.5 Å². The highest BCUT2D eigenvalue weighted by atomic mass is 35.5. The summed E-state index contributed by atoms with van der Waals surface area (Å²) in [5.41, 5.74) is 0.867. The van der Waals surface area contributed by atoms with E-state index >= 15 is 0 Å². The number of halogens is 1. The molecule has 8 heteroatoms. The van der Waals surface area contributed by atoms with Crippen LogP contribution in [-0.2, 0) is 14.3 Å². The first-order valence-electron chi connectivity index (χ1n) is 13.0. The summed E-state index contributed by atoms with van der Waals surface area (Å²) < 4.78 is 22.3. The lowest BCUT2D eigenvalue weighted by atomic mass is 9.63. The number of Topliss-reactive ketones (excluding diaryl/α,β-unsaturated/α-hetero) is 2.